The molecule has 0 aliphatic rings. The van der Waals surface area contributed by atoms with E-state index in [2.05, 4.69) is 15.3 Å². The molecule has 0 saturated carbocycles. The molecule has 1 aromatic carbocycles. The van der Waals surface area contributed by atoms with Crippen molar-refractivity contribution in [2.24, 2.45) is 5.73 Å². The van der Waals surface area contributed by atoms with Crippen molar-refractivity contribution in [1.82, 2.24) is 15.0 Å². The maximum absolute atomic E-state index is 13.1. The normalized spacial score (nSPS) is 10.9. The van der Waals surface area contributed by atoms with Gasteiger partial charge < -0.3 is 10.8 Å². The number of fused-ring (bicyclic) bond motifs is 1. The van der Waals surface area contributed by atoms with Crippen LogP contribution in [0.1, 0.15) is 27.0 Å². The number of nitrogens with one attached hydrogen (secondary N) is 1. The number of hydrogen-bond donors (Lipinski definition) is 3. The first-order chi connectivity index (χ1) is 14.3. The Hall–Kier alpha value is -3.63. The predicted octanol–water partition coefficient (Wildman–Crippen LogP) is 0.395. The first-order valence-electron chi connectivity index (χ1n) is 8.87. The molecule has 30 heavy (non-hydrogen) atoms. The summed E-state index contributed by atoms with van der Waals surface area (Å²) in [6.07, 6.45) is 1.90. The van der Waals surface area contributed by atoms with Crippen LogP contribution in [0.2, 0.25) is 0 Å². The van der Waals surface area contributed by atoms with Gasteiger partial charge in [0.15, 0.2) is 0 Å². The SMILES string of the molecule is CONC(=O)Cn1c(=O)c(C(N)=O)c(CO)c2ncc(Cc3ccc(F)cc3)cc21. The Morgan fingerprint density at radius 3 is 2.57 bits per heavy atom. The summed E-state index contributed by atoms with van der Waals surface area (Å²) in [5, 5.41) is 9.75. The number of amides is 2. The molecular formula is C20H19FN4O5. The van der Waals surface area contributed by atoms with E-state index in [1.165, 1.54) is 25.4 Å². The summed E-state index contributed by atoms with van der Waals surface area (Å²) in [6, 6.07) is 7.52. The average molecular weight is 414 g/mol. The minimum Gasteiger partial charge on any atom is -0.392 e. The minimum absolute atomic E-state index is 0.0146. The van der Waals surface area contributed by atoms with Gasteiger partial charge in [0.05, 0.1) is 24.8 Å². The smallest absolute Gasteiger partial charge is 0.264 e. The number of aromatic nitrogens is 2. The Bertz CT molecular complexity index is 1170. The predicted molar refractivity (Wildman–Crippen MR) is 105 cm³/mol. The van der Waals surface area contributed by atoms with E-state index in [1.807, 2.05) is 0 Å². The minimum atomic E-state index is -1.04. The van der Waals surface area contributed by atoms with E-state index in [4.69, 9.17) is 5.73 Å². The van der Waals surface area contributed by atoms with E-state index >= 15 is 0 Å². The van der Waals surface area contributed by atoms with Crippen LogP contribution in [0.15, 0.2) is 41.3 Å². The van der Waals surface area contributed by atoms with Gasteiger partial charge in [-0.2, -0.15) is 0 Å². The molecule has 0 bridgehead atoms. The molecule has 0 unspecified atom stereocenters. The summed E-state index contributed by atoms with van der Waals surface area (Å²) in [4.78, 5) is 45.7. The molecule has 0 spiro atoms. The summed E-state index contributed by atoms with van der Waals surface area (Å²) in [5.74, 6) is -2.04. The lowest BCUT2D eigenvalue weighted by Gasteiger charge is -2.15. The molecule has 156 valence electrons. The molecule has 0 radical (unpaired) electrons. The fourth-order valence-electron chi connectivity index (χ4n) is 3.21. The number of nitrogens with two attached hydrogens (primary N) is 1. The number of halogens is 1. The fraction of sp³-hybridized carbons (Fsp3) is 0.200. The van der Waals surface area contributed by atoms with Crippen LogP contribution < -0.4 is 16.8 Å². The highest BCUT2D eigenvalue weighted by atomic mass is 19.1. The number of rotatable bonds is 7. The largest absolute Gasteiger partial charge is 0.392 e. The summed E-state index contributed by atoms with van der Waals surface area (Å²) < 4.78 is 14.2. The summed E-state index contributed by atoms with van der Waals surface area (Å²) >= 11 is 0. The molecule has 4 N–H and O–H groups in total. The summed E-state index contributed by atoms with van der Waals surface area (Å²) in [6.45, 7) is -1.10. The highest BCUT2D eigenvalue weighted by Gasteiger charge is 2.22. The zero-order valence-corrected chi connectivity index (χ0v) is 16.0. The van der Waals surface area contributed by atoms with Crippen molar-refractivity contribution in [3.8, 4) is 0 Å². The first kappa shape index (κ1) is 21.1. The fourth-order valence-corrected chi connectivity index (χ4v) is 3.21. The van der Waals surface area contributed by atoms with Gasteiger partial charge >= 0.3 is 0 Å². The number of pyridine rings is 2. The number of hydroxylamine groups is 1. The second-order valence-electron chi connectivity index (χ2n) is 6.51. The van der Waals surface area contributed by atoms with Crippen LogP contribution in [0, 0.1) is 5.82 Å². The molecule has 2 aromatic heterocycles. The highest BCUT2D eigenvalue weighted by molar-refractivity contribution is 5.98. The van der Waals surface area contributed by atoms with Crippen LogP contribution in [0.4, 0.5) is 4.39 Å². The molecule has 0 saturated heterocycles. The molecule has 2 amide bonds. The Morgan fingerprint density at radius 1 is 1.27 bits per heavy atom. The number of aliphatic hydroxyl groups is 1. The van der Waals surface area contributed by atoms with Crippen molar-refractivity contribution < 1.29 is 23.9 Å². The number of carbonyl (C=O) groups is 2. The van der Waals surface area contributed by atoms with E-state index in [9.17, 15) is 23.9 Å². The van der Waals surface area contributed by atoms with Gasteiger partial charge in [0.2, 0.25) is 0 Å². The standard InChI is InChI=1S/C20H19FN4O5/c1-30-24-16(27)9-25-15-7-12(6-11-2-4-13(21)5-3-11)8-23-18(15)14(10-26)17(19(22)28)20(25)29/h2-5,7-8,26H,6,9-10H2,1H3,(H2,22,28)(H,24,27). The van der Waals surface area contributed by atoms with Crippen LogP contribution in [0.5, 0.6) is 0 Å². The number of nitrogens with zero attached hydrogens (tertiary/aromatic N) is 2. The number of primary amides is 1. The molecule has 10 heteroatoms. The van der Waals surface area contributed by atoms with E-state index < -0.39 is 36.1 Å². The van der Waals surface area contributed by atoms with Crippen LogP contribution in [0.3, 0.4) is 0 Å². The Morgan fingerprint density at radius 2 is 1.97 bits per heavy atom. The van der Waals surface area contributed by atoms with E-state index in [0.717, 1.165) is 10.1 Å². The van der Waals surface area contributed by atoms with Crippen LogP contribution >= 0.6 is 0 Å². The molecule has 0 atom stereocenters. The van der Waals surface area contributed by atoms with Crippen LogP contribution in [0.25, 0.3) is 11.0 Å². The lowest BCUT2D eigenvalue weighted by atomic mass is 10.0. The second kappa shape index (κ2) is 8.80. The number of benzene rings is 1. The summed E-state index contributed by atoms with van der Waals surface area (Å²) in [7, 11) is 1.24. The van der Waals surface area contributed by atoms with E-state index in [0.29, 0.717) is 12.0 Å². The zero-order valence-electron chi connectivity index (χ0n) is 16.0. The van der Waals surface area contributed by atoms with Crippen molar-refractivity contribution >= 4 is 22.8 Å². The Balaban J connectivity index is 2.20. The van der Waals surface area contributed by atoms with Crippen molar-refractivity contribution in [2.75, 3.05) is 7.11 Å². The van der Waals surface area contributed by atoms with Crippen LogP contribution in [-0.4, -0.2) is 33.6 Å². The second-order valence-corrected chi connectivity index (χ2v) is 6.51. The van der Waals surface area contributed by atoms with E-state index in [-0.39, 0.29) is 22.4 Å². The molecule has 2 heterocycles. The molecule has 0 aliphatic carbocycles. The number of carbonyl (C=O) groups excluding carboxylic acids is 2. The third kappa shape index (κ3) is 4.19. The molecule has 3 rings (SSSR count). The van der Waals surface area contributed by atoms with Gasteiger partial charge in [-0.3, -0.25) is 28.8 Å². The van der Waals surface area contributed by atoms with Crippen molar-refractivity contribution in [3.63, 3.8) is 0 Å². The van der Waals surface area contributed by atoms with Gasteiger partial charge in [-0.25, -0.2) is 9.87 Å². The third-order valence-electron chi connectivity index (χ3n) is 4.51. The van der Waals surface area contributed by atoms with Crippen molar-refractivity contribution in [3.05, 3.63) is 75.0 Å². The number of hydrogen-bond acceptors (Lipinski definition) is 6. The van der Waals surface area contributed by atoms with Gasteiger partial charge in [0.25, 0.3) is 17.4 Å². The third-order valence-corrected chi connectivity index (χ3v) is 4.51. The molecular weight excluding hydrogens is 395 g/mol. The lowest BCUT2D eigenvalue weighted by Crippen LogP contribution is -2.36. The van der Waals surface area contributed by atoms with E-state index in [1.54, 1.807) is 18.2 Å². The average Bonchev–Trinajstić information content (AvgIpc) is 2.71. The molecule has 0 aliphatic heterocycles. The number of aliphatic hydroxyl groups excluding tert-OH is 1. The van der Waals surface area contributed by atoms with Crippen LogP contribution in [-0.2, 0) is 29.2 Å². The maximum atomic E-state index is 13.1. The van der Waals surface area contributed by atoms with Gasteiger partial charge in [0.1, 0.15) is 17.9 Å². The molecule has 0 fully saturated rings. The Kier molecular flexibility index (Phi) is 6.19. The Labute approximate surface area is 169 Å². The quantitative estimate of drug-likeness (QED) is 0.479. The van der Waals surface area contributed by atoms with Gasteiger partial charge in [0, 0.05) is 11.8 Å². The summed E-state index contributed by atoms with van der Waals surface area (Å²) in [5.41, 5.74) is 8.04. The van der Waals surface area contributed by atoms with Gasteiger partial charge in [-0.15, -0.1) is 0 Å². The topological polar surface area (TPSA) is 137 Å². The highest BCUT2D eigenvalue weighted by Crippen LogP contribution is 2.21. The van der Waals surface area contributed by atoms with Crippen molar-refractivity contribution in [1.29, 1.82) is 0 Å². The maximum Gasteiger partial charge on any atom is 0.264 e. The molecule has 9 nitrogen and oxygen atoms in total. The van der Waals surface area contributed by atoms with Gasteiger partial charge in [-0.05, 0) is 35.7 Å². The lowest BCUT2D eigenvalue weighted by molar-refractivity contribution is -0.131. The monoisotopic (exact) mass is 414 g/mol. The van der Waals surface area contributed by atoms with Gasteiger partial charge in [-0.1, -0.05) is 12.1 Å². The zero-order chi connectivity index (χ0) is 21.8. The molecule has 3 aromatic rings. The van der Waals surface area contributed by atoms with Crippen molar-refractivity contribution in [2.45, 2.75) is 19.6 Å². The first-order valence-corrected chi connectivity index (χ1v) is 8.87.